The zero-order valence-electron chi connectivity index (χ0n) is 16.4. The molecule has 1 saturated carbocycles. The zero-order chi connectivity index (χ0) is 21.1. The van der Waals surface area contributed by atoms with E-state index >= 15 is 0 Å². The monoisotopic (exact) mass is 404 g/mol. The Bertz CT molecular complexity index is 669. The van der Waals surface area contributed by atoms with Crippen molar-refractivity contribution in [3.63, 3.8) is 0 Å². The van der Waals surface area contributed by atoms with Gasteiger partial charge in [-0.05, 0) is 26.2 Å². The number of nitrogens with zero attached hydrogens (tertiary/aromatic N) is 1. The molecule has 1 aliphatic carbocycles. The van der Waals surface area contributed by atoms with Gasteiger partial charge in [-0.1, -0.05) is 32.6 Å². The molecular formula is C19H27F3N2O4. The first-order chi connectivity index (χ1) is 13.1. The fraction of sp³-hybridized carbons (Fsp3) is 0.737. The van der Waals surface area contributed by atoms with E-state index in [1.54, 1.807) is 0 Å². The molecule has 2 aliphatic rings. The molecule has 158 valence electrons. The topological polar surface area (TPSA) is 75.7 Å². The highest BCUT2D eigenvalue weighted by Crippen LogP contribution is 2.45. The number of carbonyl (C=O) groups is 3. The highest BCUT2D eigenvalue weighted by atomic mass is 19.4. The fourth-order valence-corrected chi connectivity index (χ4v) is 3.96. The molecule has 0 aromatic heterocycles. The Morgan fingerprint density at radius 2 is 1.86 bits per heavy atom. The number of hydrogen-bond donors (Lipinski definition) is 1. The van der Waals surface area contributed by atoms with E-state index in [1.165, 1.54) is 6.92 Å². The SMILES string of the molecule is CCCCN1C(=O)C(NC(=O)C2CCCCC2)(C(F)(F)F)C(C(=O)OC)=C1C. The van der Waals surface area contributed by atoms with E-state index in [0.29, 0.717) is 25.7 Å². The van der Waals surface area contributed by atoms with Crippen LogP contribution >= 0.6 is 0 Å². The lowest BCUT2D eigenvalue weighted by atomic mass is 9.85. The third kappa shape index (κ3) is 3.75. The predicted octanol–water partition coefficient (Wildman–Crippen LogP) is 3.07. The van der Waals surface area contributed by atoms with Gasteiger partial charge in [0.1, 0.15) is 5.57 Å². The second kappa shape index (κ2) is 8.53. The molecule has 1 atom stereocenters. The van der Waals surface area contributed by atoms with Gasteiger partial charge in [-0.2, -0.15) is 13.2 Å². The van der Waals surface area contributed by atoms with E-state index in [1.807, 2.05) is 12.2 Å². The maximum atomic E-state index is 14.3. The molecule has 9 heteroatoms. The minimum atomic E-state index is -5.19. The number of ether oxygens (including phenoxy) is 1. The van der Waals surface area contributed by atoms with Gasteiger partial charge in [-0.15, -0.1) is 0 Å². The first-order valence-electron chi connectivity index (χ1n) is 9.62. The number of carbonyl (C=O) groups excluding carboxylic acids is 3. The van der Waals surface area contributed by atoms with E-state index < -0.39 is 41.0 Å². The number of alkyl halides is 3. The van der Waals surface area contributed by atoms with Crippen LogP contribution in [-0.4, -0.2) is 48.1 Å². The predicted molar refractivity (Wildman–Crippen MR) is 94.8 cm³/mol. The molecule has 0 saturated heterocycles. The van der Waals surface area contributed by atoms with Crippen LogP contribution in [0.4, 0.5) is 13.2 Å². The van der Waals surface area contributed by atoms with Crippen LogP contribution in [0.2, 0.25) is 0 Å². The van der Waals surface area contributed by atoms with Gasteiger partial charge in [-0.25, -0.2) is 4.79 Å². The summed E-state index contributed by atoms with van der Waals surface area (Å²) in [5, 5.41) is 1.94. The minimum Gasteiger partial charge on any atom is -0.466 e. The molecule has 1 unspecified atom stereocenters. The van der Waals surface area contributed by atoms with Crippen LogP contribution in [0.25, 0.3) is 0 Å². The van der Waals surface area contributed by atoms with E-state index in [4.69, 9.17) is 0 Å². The standard InChI is InChI=1S/C19H27F3N2O4/c1-4-5-11-24-12(2)14(16(26)28-3)18(17(24)27,19(20,21)22)23-15(25)13-9-7-6-8-10-13/h13H,4-11H2,1-3H3,(H,23,25). The maximum Gasteiger partial charge on any atom is 0.425 e. The number of hydrogen-bond acceptors (Lipinski definition) is 4. The van der Waals surface area contributed by atoms with Crippen molar-refractivity contribution >= 4 is 17.8 Å². The Balaban J connectivity index is 2.53. The minimum absolute atomic E-state index is 0.0266. The number of nitrogens with one attached hydrogen (secondary N) is 1. The second-order valence-corrected chi connectivity index (χ2v) is 7.33. The van der Waals surface area contributed by atoms with Gasteiger partial charge in [-0.3, -0.25) is 9.59 Å². The van der Waals surface area contributed by atoms with Crippen molar-refractivity contribution in [2.24, 2.45) is 5.92 Å². The second-order valence-electron chi connectivity index (χ2n) is 7.33. The lowest BCUT2D eigenvalue weighted by molar-refractivity contribution is -0.196. The fourth-order valence-electron chi connectivity index (χ4n) is 3.96. The molecule has 1 fully saturated rings. The molecule has 6 nitrogen and oxygen atoms in total. The summed E-state index contributed by atoms with van der Waals surface area (Å²) in [4.78, 5) is 38.9. The van der Waals surface area contributed by atoms with Crippen LogP contribution in [0, 0.1) is 5.92 Å². The Morgan fingerprint density at radius 1 is 1.25 bits per heavy atom. The highest BCUT2D eigenvalue weighted by Gasteiger charge is 2.71. The van der Waals surface area contributed by atoms with Crippen molar-refractivity contribution < 1.29 is 32.3 Å². The van der Waals surface area contributed by atoms with Gasteiger partial charge in [0.25, 0.3) is 5.91 Å². The maximum absolute atomic E-state index is 14.3. The van der Waals surface area contributed by atoms with Crippen LogP contribution in [-0.2, 0) is 19.1 Å². The largest absolute Gasteiger partial charge is 0.466 e. The van der Waals surface area contributed by atoms with Crippen molar-refractivity contribution in [1.82, 2.24) is 10.2 Å². The Morgan fingerprint density at radius 3 is 2.36 bits per heavy atom. The first-order valence-corrected chi connectivity index (χ1v) is 9.62. The first kappa shape index (κ1) is 22.2. The summed E-state index contributed by atoms with van der Waals surface area (Å²) in [6, 6.07) is 0. The average molecular weight is 404 g/mol. The third-order valence-corrected chi connectivity index (χ3v) is 5.54. The summed E-state index contributed by atoms with van der Waals surface area (Å²) in [7, 11) is 0.950. The third-order valence-electron chi connectivity index (χ3n) is 5.54. The average Bonchev–Trinajstić information content (AvgIpc) is 2.87. The van der Waals surface area contributed by atoms with E-state index in [9.17, 15) is 27.6 Å². The Labute approximate surface area is 162 Å². The van der Waals surface area contributed by atoms with Gasteiger partial charge in [0, 0.05) is 18.2 Å². The molecule has 0 spiro atoms. The summed E-state index contributed by atoms with van der Waals surface area (Å²) in [5.74, 6) is -4.08. The molecule has 1 aliphatic heterocycles. The van der Waals surface area contributed by atoms with E-state index in [0.717, 1.165) is 31.3 Å². The zero-order valence-corrected chi connectivity index (χ0v) is 16.4. The lowest BCUT2D eigenvalue weighted by Gasteiger charge is -2.34. The summed E-state index contributed by atoms with van der Waals surface area (Å²) >= 11 is 0. The number of allylic oxidation sites excluding steroid dienone is 1. The number of amides is 2. The normalized spacial score (nSPS) is 23.9. The number of unbranched alkanes of at least 4 members (excludes halogenated alkanes) is 1. The van der Waals surface area contributed by atoms with Crippen LogP contribution in [0.15, 0.2) is 11.3 Å². The van der Waals surface area contributed by atoms with E-state index in [-0.39, 0.29) is 12.2 Å². The number of esters is 1. The molecule has 1 heterocycles. The van der Waals surface area contributed by atoms with Gasteiger partial charge < -0.3 is 15.0 Å². The molecule has 0 bridgehead atoms. The van der Waals surface area contributed by atoms with Crippen LogP contribution < -0.4 is 5.32 Å². The van der Waals surface area contributed by atoms with Crippen LogP contribution in [0.5, 0.6) is 0 Å². The van der Waals surface area contributed by atoms with Crippen LogP contribution in [0.3, 0.4) is 0 Å². The summed E-state index contributed by atoms with van der Waals surface area (Å²) < 4.78 is 47.5. The van der Waals surface area contributed by atoms with Crippen molar-refractivity contribution in [3.8, 4) is 0 Å². The van der Waals surface area contributed by atoms with Crippen molar-refractivity contribution in [3.05, 3.63) is 11.3 Å². The van der Waals surface area contributed by atoms with Crippen molar-refractivity contribution in [2.45, 2.75) is 70.5 Å². The summed E-state index contributed by atoms with van der Waals surface area (Å²) in [5.41, 5.74) is -4.40. The molecule has 0 aromatic rings. The molecule has 0 aromatic carbocycles. The molecule has 0 radical (unpaired) electrons. The summed E-state index contributed by atoms with van der Waals surface area (Å²) in [6.07, 6.45) is -0.753. The molecule has 2 amide bonds. The van der Waals surface area contributed by atoms with Gasteiger partial charge >= 0.3 is 12.1 Å². The van der Waals surface area contributed by atoms with Crippen molar-refractivity contribution in [1.29, 1.82) is 0 Å². The summed E-state index contributed by atoms with van der Waals surface area (Å²) in [6.45, 7) is 3.14. The van der Waals surface area contributed by atoms with Crippen molar-refractivity contribution in [2.75, 3.05) is 13.7 Å². The molecular weight excluding hydrogens is 377 g/mol. The number of rotatable bonds is 6. The lowest BCUT2D eigenvalue weighted by Crippen LogP contribution is -2.67. The molecule has 28 heavy (non-hydrogen) atoms. The van der Waals surface area contributed by atoms with E-state index in [2.05, 4.69) is 4.74 Å². The number of methoxy groups -OCH3 is 1. The van der Waals surface area contributed by atoms with Gasteiger partial charge in [0.2, 0.25) is 11.4 Å². The number of halogens is 3. The quantitative estimate of drug-likeness (QED) is 0.691. The Kier molecular flexibility index (Phi) is 6.77. The molecule has 1 N–H and O–H groups in total. The Hall–Kier alpha value is -2.06. The van der Waals surface area contributed by atoms with Gasteiger partial charge in [0.15, 0.2) is 0 Å². The molecule has 2 rings (SSSR count). The van der Waals surface area contributed by atoms with Gasteiger partial charge in [0.05, 0.1) is 7.11 Å². The van der Waals surface area contributed by atoms with Crippen LogP contribution in [0.1, 0.15) is 58.8 Å². The highest BCUT2D eigenvalue weighted by molar-refractivity contribution is 6.10. The smallest absolute Gasteiger partial charge is 0.425 e.